The van der Waals surface area contributed by atoms with Gasteiger partial charge in [-0.15, -0.1) is 0 Å². The topological polar surface area (TPSA) is 66.1 Å². The molecule has 1 amide bonds. The van der Waals surface area contributed by atoms with Crippen molar-refractivity contribution in [3.8, 4) is 0 Å². The van der Waals surface area contributed by atoms with Crippen LogP contribution in [0.3, 0.4) is 0 Å². The third-order valence-corrected chi connectivity index (χ3v) is 8.64. The lowest BCUT2D eigenvalue weighted by Crippen LogP contribution is -2.49. The number of para-hydroxylation sites is 1. The summed E-state index contributed by atoms with van der Waals surface area (Å²) in [6, 6.07) is 20.6. The van der Waals surface area contributed by atoms with Crippen molar-refractivity contribution in [3.05, 3.63) is 77.5 Å². The Kier molecular flexibility index (Phi) is 5.93. The predicted molar refractivity (Wildman–Crippen MR) is 143 cm³/mol. The smallest absolute Gasteiger partial charge is 0.288 e. The first kappa shape index (κ1) is 22.5. The number of rotatable bonds is 5. The van der Waals surface area contributed by atoms with Crippen LogP contribution in [0.2, 0.25) is 0 Å². The van der Waals surface area contributed by atoms with Crippen LogP contribution in [-0.2, 0) is 11.8 Å². The van der Waals surface area contributed by atoms with Crippen LogP contribution in [0.4, 0.5) is 0 Å². The molecular formula is C29H32N4OS. The number of aromatic nitrogens is 1. The van der Waals surface area contributed by atoms with Crippen LogP contribution in [0.25, 0.3) is 10.9 Å². The highest BCUT2D eigenvalue weighted by atomic mass is 32.1. The van der Waals surface area contributed by atoms with E-state index in [9.17, 15) is 4.79 Å². The van der Waals surface area contributed by atoms with Gasteiger partial charge in [-0.05, 0) is 104 Å². The first-order valence-electron chi connectivity index (χ1n) is 12.9. The highest BCUT2D eigenvalue weighted by Crippen LogP contribution is 2.61. The number of pyridine rings is 1. The van der Waals surface area contributed by atoms with E-state index in [0.717, 1.165) is 29.7 Å². The number of fused-ring (bicyclic) bond motifs is 1. The molecule has 7 rings (SSSR count). The van der Waals surface area contributed by atoms with Crippen molar-refractivity contribution in [1.82, 2.24) is 21.2 Å². The highest BCUT2D eigenvalue weighted by molar-refractivity contribution is 7.80. The Morgan fingerprint density at radius 2 is 1.57 bits per heavy atom. The maximum Gasteiger partial charge on any atom is 0.288 e. The zero-order valence-corrected chi connectivity index (χ0v) is 20.7. The minimum absolute atomic E-state index is 0.189. The van der Waals surface area contributed by atoms with Crippen molar-refractivity contribution in [1.29, 1.82) is 0 Å². The monoisotopic (exact) mass is 484 g/mol. The van der Waals surface area contributed by atoms with Gasteiger partial charge < -0.3 is 5.32 Å². The van der Waals surface area contributed by atoms with Crippen LogP contribution in [0.1, 0.15) is 60.1 Å². The summed E-state index contributed by atoms with van der Waals surface area (Å²) in [4.78, 5) is 17.9. The van der Waals surface area contributed by atoms with Crippen LogP contribution in [0.5, 0.6) is 0 Å². The molecule has 0 spiro atoms. The number of nitrogens with one attached hydrogen (secondary N) is 3. The second kappa shape index (κ2) is 9.23. The summed E-state index contributed by atoms with van der Waals surface area (Å²) in [7, 11) is 0. The number of carbonyl (C=O) groups excluding carboxylic acids is 1. The number of thiocarbonyl (C=S) groups is 1. The van der Waals surface area contributed by atoms with E-state index in [4.69, 9.17) is 17.2 Å². The van der Waals surface area contributed by atoms with E-state index in [0.29, 0.717) is 17.4 Å². The third kappa shape index (κ3) is 4.52. The summed E-state index contributed by atoms with van der Waals surface area (Å²) < 4.78 is 0. The zero-order chi connectivity index (χ0) is 23.8. The Hall–Kier alpha value is -2.99. The molecule has 6 heteroatoms. The predicted octanol–water partition coefficient (Wildman–Crippen LogP) is 5.05. The second-order valence-electron chi connectivity index (χ2n) is 10.8. The second-order valence-corrected chi connectivity index (χ2v) is 11.2. The molecule has 1 aromatic heterocycles. The van der Waals surface area contributed by atoms with Crippen molar-refractivity contribution < 1.29 is 4.79 Å². The summed E-state index contributed by atoms with van der Waals surface area (Å²) in [5.74, 6) is 2.26. The molecular weight excluding hydrogens is 452 g/mol. The van der Waals surface area contributed by atoms with Gasteiger partial charge >= 0.3 is 0 Å². The van der Waals surface area contributed by atoms with E-state index < -0.39 is 0 Å². The molecule has 0 radical (unpaired) electrons. The Labute approximate surface area is 212 Å². The summed E-state index contributed by atoms with van der Waals surface area (Å²) in [5.41, 5.74) is 9.72. The van der Waals surface area contributed by atoms with E-state index in [1.165, 1.54) is 55.0 Å². The summed E-state index contributed by atoms with van der Waals surface area (Å²) in [6.07, 6.45) is 8.80. The van der Waals surface area contributed by atoms with Crippen molar-refractivity contribution in [2.75, 3.05) is 6.54 Å². The van der Waals surface area contributed by atoms with Gasteiger partial charge in [-0.1, -0.05) is 48.5 Å². The lowest BCUT2D eigenvalue weighted by atomic mass is 9.48. The first-order valence-corrected chi connectivity index (χ1v) is 13.3. The molecule has 4 saturated carbocycles. The highest BCUT2D eigenvalue weighted by Gasteiger charge is 2.52. The number of benzene rings is 2. The number of hydrogen-bond acceptors (Lipinski definition) is 3. The molecule has 3 aromatic rings. The summed E-state index contributed by atoms with van der Waals surface area (Å²) in [6.45, 7) is 0.691. The molecule has 4 fully saturated rings. The van der Waals surface area contributed by atoms with Gasteiger partial charge in [0.1, 0.15) is 5.69 Å². The van der Waals surface area contributed by atoms with E-state index in [2.05, 4.69) is 46.5 Å². The molecule has 180 valence electrons. The number of nitrogens with zero attached hydrogens (tertiary/aromatic N) is 1. The van der Waals surface area contributed by atoms with Crippen LogP contribution in [-0.4, -0.2) is 22.5 Å². The average Bonchev–Trinajstić information content (AvgIpc) is 2.86. The van der Waals surface area contributed by atoms with Gasteiger partial charge in [0.2, 0.25) is 0 Å². The average molecular weight is 485 g/mol. The Bertz CT molecular complexity index is 1220. The number of hydrazine groups is 1. The SMILES string of the molecule is O=C(NNC(=S)NCCc1ccccc1)c1cc(C23CC4CC(CC(C4)C2)C3)c2ccccc2n1. The normalized spacial score (nSPS) is 26.5. The molecule has 0 saturated heterocycles. The van der Waals surface area contributed by atoms with Crippen molar-refractivity contribution in [2.24, 2.45) is 17.8 Å². The fraction of sp³-hybridized carbons (Fsp3) is 0.414. The van der Waals surface area contributed by atoms with Crippen LogP contribution < -0.4 is 16.2 Å². The molecule has 0 atom stereocenters. The molecule has 5 nitrogen and oxygen atoms in total. The van der Waals surface area contributed by atoms with Crippen LogP contribution in [0.15, 0.2) is 60.7 Å². The lowest BCUT2D eigenvalue weighted by molar-refractivity contribution is -0.00454. The van der Waals surface area contributed by atoms with Gasteiger partial charge in [0, 0.05) is 11.9 Å². The molecule has 3 N–H and O–H groups in total. The summed E-state index contributed by atoms with van der Waals surface area (Å²) >= 11 is 5.36. The fourth-order valence-electron chi connectivity index (χ4n) is 7.36. The van der Waals surface area contributed by atoms with Gasteiger partial charge in [-0.25, -0.2) is 4.98 Å². The van der Waals surface area contributed by atoms with E-state index >= 15 is 0 Å². The molecule has 2 aromatic carbocycles. The molecule has 4 aliphatic rings. The zero-order valence-electron chi connectivity index (χ0n) is 19.9. The molecule has 0 aliphatic heterocycles. The molecule has 4 bridgehead atoms. The third-order valence-electron chi connectivity index (χ3n) is 8.39. The Morgan fingerprint density at radius 3 is 2.29 bits per heavy atom. The van der Waals surface area contributed by atoms with Crippen molar-refractivity contribution in [2.45, 2.75) is 50.4 Å². The van der Waals surface area contributed by atoms with Crippen LogP contribution in [0, 0.1) is 17.8 Å². The van der Waals surface area contributed by atoms with Gasteiger partial charge in [0.05, 0.1) is 5.52 Å². The number of hydrogen-bond donors (Lipinski definition) is 3. The number of carbonyl (C=O) groups is 1. The Balaban J connectivity index is 1.17. The minimum atomic E-state index is -0.256. The molecule has 0 unspecified atom stereocenters. The van der Waals surface area contributed by atoms with E-state index in [-0.39, 0.29) is 11.3 Å². The maximum absolute atomic E-state index is 13.1. The molecule has 4 aliphatic carbocycles. The van der Waals surface area contributed by atoms with Crippen LogP contribution >= 0.6 is 12.2 Å². The number of amides is 1. The molecule has 35 heavy (non-hydrogen) atoms. The van der Waals surface area contributed by atoms with Gasteiger partial charge in [-0.3, -0.25) is 15.6 Å². The molecule has 1 heterocycles. The van der Waals surface area contributed by atoms with Gasteiger partial charge in [-0.2, -0.15) is 0 Å². The van der Waals surface area contributed by atoms with Crippen molar-refractivity contribution in [3.63, 3.8) is 0 Å². The minimum Gasteiger partial charge on any atom is -0.361 e. The quantitative estimate of drug-likeness (QED) is 0.349. The van der Waals surface area contributed by atoms with Gasteiger partial charge in [0.15, 0.2) is 5.11 Å². The van der Waals surface area contributed by atoms with E-state index in [1.54, 1.807) is 0 Å². The summed E-state index contributed by atoms with van der Waals surface area (Å²) in [5, 5.41) is 4.76. The van der Waals surface area contributed by atoms with Gasteiger partial charge in [0.25, 0.3) is 5.91 Å². The maximum atomic E-state index is 13.1. The Morgan fingerprint density at radius 1 is 0.914 bits per heavy atom. The largest absolute Gasteiger partial charge is 0.361 e. The standard InChI is InChI=1S/C29H32N4OS/c34-27(32-33-28(35)30-11-10-19-6-2-1-3-7-19)26-15-24(23-8-4-5-9-25(23)31-26)29-16-20-12-21(17-29)14-22(13-20)18-29/h1-9,15,20-22H,10-14,16-18H2,(H,32,34)(H2,30,33,35). The van der Waals surface area contributed by atoms with Crippen molar-refractivity contribution >= 4 is 34.1 Å². The lowest BCUT2D eigenvalue weighted by Gasteiger charge is -2.57. The first-order chi connectivity index (χ1) is 17.1. The van der Waals surface area contributed by atoms with E-state index in [1.807, 2.05) is 30.3 Å². The fourth-order valence-corrected chi connectivity index (χ4v) is 7.51.